The van der Waals surface area contributed by atoms with Crippen molar-refractivity contribution in [2.75, 3.05) is 0 Å². The Morgan fingerprint density at radius 3 is 2.20 bits per heavy atom. The third-order valence-corrected chi connectivity index (χ3v) is 9.68. The summed E-state index contributed by atoms with van der Waals surface area (Å²) in [5, 5.41) is 11.1. The van der Waals surface area contributed by atoms with Gasteiger partial charge in [-0.25, -0.2) is 0 Å². The molecule has 0 saturated heterocycles. The number of carbonyl (C=O) groups excluding carboxylic acids is 1. The molecule has 1 aromatic carbocycles. The van der Waals surface area contributed by atoms with Crippen LogP contribution in [0.2, 0.25) is 0 Å². The molecule has 1 radical (unpaired) electrons. The Morgan fingerprint density at radius 1 is 0.975 bits per heavy atom. The van der Waals surface area contributed by atoms with Crippen molar-refractivity contribution in [1.82, 2.24) is 4.98 Å². The molecule has 4 rings (SSSR count). The Balaban J connectivity index is 0.000000307. The van der Waals surface area contributed by atoms with Crippen molar-refractivity contribution in [2.24, 2.45) is 17.8 Å². The number of hydrogen-bond acceptors (Lipinski definition) is 5. The van der Waals surface area contributed by atoms with E-state index in [1.165, 1.54) is 41.6 Å². The van der Waals surface area contributed by atoms with Crippen LogP contribution in [0.25, 0.3) is 30.7 Å². The first-order chi connectivity index (χ1) is 18.6. The van der Waals surface area contributed by atoms with E-state index in [0.29, 0.717) is 5.92 Å². The molecule has 0 unspecified atom stereocenters. The molecule has 4 aromatic rings. The van der Waals surface area contributed by atoms with Crippen molar-refractivity contribution >= 4 is 47.9 Å². The van der Waals surface area contributed by atoms with Crippen LogP contribution in [0, 0.1) is 37.7 Å². The minimum atomic E-state index is 0. The van der Waals surface area contributed by atoms with Crippen molar-refractivity contribution in [3.05, 3.63) is 64.4 Å². The van der Waals surface area contributed by atoms with Crippen molar-refractivity contribution in [2.45, 2.75) is 87.5 Å². The maximum atomic E-state index is 11.7. The summed E-state index contributed by atoms with van der Waals surface area (Å²) in [6.45, 7) is 16.9. The minimum absolute atomic E-state index is 0. The summed E-state index contributed by atoms with van der Waals surface area (Å²) in [7, 11) is 0. The van der Waals surface area contributed by atoms with E-state index in [1.54, 1.807) is 0 Å². The molecule has 0 aliphatic rings. The molecule has 3 nitrogen and oxygen atoms in total. The van der Waals surface area contributed by atoms with E-state index < -0.39 is 0 Å². The van der Waals surface area contributed by atoms with Gasteiger partial charge in [-0.15, -0.1) is 57.6 Å². The van der Waals surface area contributed by atoms with E-state index in [9.17, 15) is 9.90 Å². The fourth-order valence-electron chi connectivity index (χ4n) is 5.02. The average molecular weight is 755 g/mol. The van der Waals surface area contributed by atoms with Gasteiger partial charge in [-0.05, 0) is 50.2 Å². The Bertz CT molecular complexity index is 1400. The van der Waals surface area contributed by atoms with Gasteiger partial charge in [-0.2, -0.15) is 0 Å². The van der Waals surface area contributed by atoms with Crippen molar-refractivity contribution in [1.29, 1.82) is 0 Å². The summed E-state index contributed by atoms with van der Waals surface area (Å²) in [6, 6.07) is 12.4. The molecule has 219 valence electrons. The first-order valence-electron chi connectivity index (χ1n) is 14.4. The molecular weight excluding hydrogens is 711 g/mol. The van der Waals surface area contributed by atoms with Gasteiger partial charge in [-0.1, -0.05) is 55.4 Å². The summed E-state index contributed by atoms with van der Waals surface area (Å²) < 4.78 is 4.10. The van der Waals surface area contributed by atoms with Gasteiger partial charge >= 0.3 is 0 Å². The minimum Gasteiger partial charge on any atom is -0.512 e. The van der Waals surface area contributed by atoms with Gasteiger partial charge in [0.05, 0.1) is 10.5 Å². The van der Waals surface area contributed by atoms with E-state index in [2.05, 4.69) is 63.0 Å². The van der Waals surface area contributed by atoms with Crippen LogP contribution in [-0.4, -0.2) is 15.9 Å². The molecule has 0 amide bonds. The number of fused-ring (bicyclic) bond motifs is 3. The van der Waals surface area contributed by atoms with Crippen LogP contribution in [-0.2, 0) is 31.3 Å². The molecule has 0 spiro atoms. The number of aromatic nitrogens is 1. The summed E-state index contributed by atoms with van der Waals surface area (Å²) in [4.78, 5) is 17.9. The second-order valence-corrected chi connectivity index (χ2v) is 13.1. The Hall–Kier alpha value is -1.85. The monoisotopic (exact) mass is 755 g/mol. The van der Waals surface area contributed by atoms with Crippen molar-refractivity contribution < 1.29 is 30.0 Å². The van der Waals surface area contributed by atoms with E-state index in [1.807, 2.05) is 56.6 Å². The second-order valence-electron chi connectivity index (χ2n) is 10.9. The maximum Gasteiger partial charge on any atom is 0.162 e. The van der Waals surface area contributed by atoms with Gasteiger partial charge in [0.2, 0.25) is 0 Å². The van der Waals surface area contributed by atoms with Crippen LogP contribution >= 0.6 is 22.7 Å². The number of benzene rings is 1. The van der Waals surface area contributed by atoms with Crippen LogP contribution in [0.15, 0.2) is 42.3 Å². The second kappa shape index (κ2) is 16.0. The molecule has 3 aromatic heterocycles. The van der Waals surface area contributed by atoms with E-state index in [-0.39, 0.29) is 43.5 Å². The fourth-order valence-corrected chi connectivity index (χ4v) is 7.87. The summed E-state index contributed by atoms with van der Waals surface area (Å²) in [5.74, 6) is 1.25. The number of thiophene rings is 2. The Labute approximate surface area is 262 Å². The van der Waals surface area contributed by atoms with Crippen molar-refractivity contribution in [3.8, 4) is 11.3 Å². The topological polar surface area (TPSA) is 50.2 Å². The van der Waals surface area contributed by atoms with Crippen LogP contribution in [0.5, 0.6) is 0 Å². The van der Waals surface area contributed by atoms with E-state index in [0.717, 1.165) is 43.4 Å². The summed E-state index contributed by atoms with van der Waals surface area (Å²) in [5.41, 5.74) is 4.60. The molecule has 3 heterocycles. The zero-order valence-corrected chi connectivity index (χ0v) is 29.2. The quantitative estimate of drug-likeness (QED) is 0.0996. The Kier molecular flexibility index (Phi) is 13.7. The normalized spacial score (nSPS) is 11.8. The molecule has 6 heteroatoms. The number of nitrogens with zero attached hydrogens (tertiary/aromatic N) is 1. The third-order valence-electron chi connectivity index (χ3n) is 7.20. The number of carbonyl (C=O) groups is 1. The number of rotatable bonds is 10. The molecule has 0 saturated carbocycles. The zero-order valence-electron chi connectivity index (χ0n) is 25.2. The van der Waals surface area contributed by atoms with Gasteiger partial charge < -0.3 is 10.1 Å². The Morgan fingerprint density at radius 2 is 1.62 bits per heavy atom. The molecule has 0 aliphatic carbocycles. The maximum absolute atomic E-state index is 11.7. The SMILES string of the molecule is CCC(CC)C(=O)/C=C(\O)C(CC)CC.Cc1[c-]c(-c2nccc3c2sc2cc(CC(C)C)sc23)cc(C)c1.[Ir]. The van der Waals surface area contributed by atoms with Crippen LogP contribution in [0.4, 0.5) is 0 Å². The van der Waals surface area contributed by atoms with Gasteiger partial charge in [0, 0.05) is 69.6 Å². The standard InChI is InChI=1S/C21H20NS2.C13H24O2.Ir/c1-12(2)7-16-11-18-20(23-16)17-5-6-22-19(21(17)24-18)15-9-13(3)8-14(4)10-15;1-5-10(6-2)12(14)9-13(15)11(7-3)8-4;/h5-6,8-9,11-12H,7H2,1-4H3;9-11,14H,5-8H2,1-4H3;/q-1;;/b;12-9-;. The number of ketones is 1. The van der Waals surface area contributed by atoms with Gasteiger partial charge in [-0.3, -0.25) is 4.79 Å². The summed E-state index contributed by atoms with van der Waals surface area (Å²) >= 11 is 3.82. The van der Waals surface area contributed by atoms with Crippen LogP contribution < -0.4 is 0 Å². The molecule has 40 heavy (non-hydrogen) atoms. The van der Waals surface area contributed by atoms with Crippen molar-refractivity contribution in [3.63, 3.8) is 0 Å². The molecule has 0 atom stereocenters. The first kappa shape index (κ1) is 34.4. The first-order valence-corrected chi connectivity index (χ1v) is 16.0. The number of aryl methyl sites for hydroxylation is 2. The van der Waals surface area contributed by atoms with E-state index in [4.69, 9.17) is 0 Å². The molecule has 0 aliphatic heterocycles. The smallest absolute Gasteiger partial charge is 0.162 e. The summed E-state index contributed by atoms with van der Waals surface area (Å²) in [6.07, 6.45) is 8.01. The average Bonchev–Trinajstić information content (AvgIpc) is 3.42. The van der Waals surface area contributed by atoms with E-state index >= 15 is 0 Å². The molecule has 1 N–H and O–H groups in total. The predicted octanol–water partition coefficient (Wildman–Crippen LogP) is 10.7. The van der Waals surface area contributed by atoms with Crippen LogP contribution in [0.3, 0.4) is 0 Å². The predicted molar refractivity (Wildman–Crippen MR) is 171 cm³/mol. The third kappa shape index (κ3) is 8.58. The van der Waals surface area contributed by atoms with Gasteiger partial charge in [0.25, 0.3) is 0 Å². The number of aliphatic hydroxyl groups excluding tert-OH is 1. The molecular formula is C34H44IrNO2S2-. The van der Waals surface area contributed by atoms with Crippen LogP contribution in [0.1, 0.15) is 83.2 Å². The molecule has 0 fully saturated rings. The molecule has 0 bridgehead atoms. The number of pyridine rings is 1. The number of aliphatic hydroxyl groups is 1. The van der Waals surface area contributed by atoms with Gasteiger partial charge in [0.1, 0.15) is 0 Å². The number of allylic oxidation sites excluding steroid dienone is 2. The fraction of sp³-hybridized carbons (Fsp3) is 0.471. The zero-order chi connectivity index (χ0) is 28.7. The van der Waals surface area contributed by atoms with Gasteiger partial charge in [0.15, 0.2) is 5.78 Å². The number of hydrogen-bond donors (Lipinski definition) is 1. The largest absolute Gasteiger partial charge is 0.512 e.